The third-order valence-corrected chi connectivity index (χ3v) is 6.41. The molecule has 2 amide bonds. The molecule has 0 aliphatic carbocycles. The average molecular weight is 440 g/mol. The van der Waals surface area contributed by atoms with Crippen LogP contribution in [0.5, 0.6) is 0 Å². The van der Waals surface area contributed by atoms with E-state index in [0.29, 0.717) is 10.7 Å². The highest BCUT2D eigenvalue weighted by molar-refractivity contribution is 7.20. The summed E-state index contributed by atoms with van der Waals surface area (Å²) in [5.41, 5.74) is 1.33. The Labute approximate surface area is 181 Å². The number of nitrogens with zero attached hydrogens (tertiary/aromatic N) is 3. The predicted octanol–water partition coefficient (Wildman–Crippen LogP) is 4.25. The second-order valence-electron chi connectivity index (χ2n) is 7.23. The lowest BCUT2D eigenvalue weighted by Crippen LogP contribution is -2.47. The molecule has 0 bridgehead atoms. The van der Waals surface area contributed by atoms with Crippen molar-refractivity contribution in [1.82, 2.24) is 19.9 Å². The van der Waals surface area contributed by atoms with E-state index in [4.69, 9.17) is 0 Å². The van der Waals surface area contributed by atoms with Crippen LogP contribution in [0.25, 0.3) is 15.3 Å². The summed E-state index contributed by atoms with van der Waals surface area (Å²) in [4.78, 5) is 35.3. The molecule has 4 rings (SSSR count). The quantitative estimate of drug-likeness (QED) is 0.470. The third kappa shape index (κ3) is 4.27. The van der Waals surface area contributed by atoms with Crippen molar-refractivity contribution >= 4 is 49.8 Å². The standard InChI is InChI=1S/C21H21N5O2S2/c1-12(2)17(19(28)25-20-22-11-13(3)29-20)24-18(27)14-6-7-15-16(10-14)30-21(23-15)26-8-4-5-9-26/h4-12,17H,1-3H3,(H,24,27)(H,22,25,28)/t17-/m1/s1. The summed E-state index contributed by atoms with van der Waals surface area (Å²) in [7, 11) is 0. The maximum atomic E-state index is 12.9. The zero-order valence-electron chi connectivity index (χ0n) is 16.7. The first kappa shape index (κ1) is 20.2. The number of aromatic nitrogens is 3. The van der Waals surface area contributed by atoms with Crippen molar-refractivity contribution < 1.29 is 9.59 Å². The van der Waals surface area contributed by atoms with Crippen LogP contribution >= 0.6 is 22.7 Å². The minimum absolute atomic E-state index is 0.0810. The van der Waals surface area contributed by atoms with Crippen molar-refractivity contribution in [1.29, 1.82) is 0 Å². The van der Waals surface area contributed by atoms with Crippen LogP contribution in [-0.2, 0) is 4.79 Å². The molecule has 0 aliphatic rings. The number of thiazole rings is 2. The predicted molar refractivity (Wildman–Crippen MR) is 121 cm³/mol. The summed E-state index contributed by atoms with van der Waals surface area (Å²) >= 11 is 2.91. The summed E-state index contributed by atoms with van der Waals surface area (Å²) in [6.07, 6.45) is 5.57. The van der Waals surface area contributed by atoms with Crippen LogP contribution in [0.3, 0.4) is 0 Å². The Kier molecular flexibility index (Phi) is 5.65. The SMILES string of the molecule is Cc1cnc(NC(=O)[C@H](NC(=O)c2ccc3nc(-n4cccc4)sc3c2)C(C)C)s1. The first-order valence-corrected chi connectivity index (χ1v) is 11.1. The van der Waals surface area contributed by atoms with Crippen LogP contribution in [0.4, 0.5) is 5.13 Å². The lowest BCUT2D eigenvalue weighted by Gasteiger charge is -2.21. The Morgan fingerprint density at radius 1 is 1.13 bits per heavy atom. The summed E-state index contributed by atoms with van der Waals surface area (Å²) < 4.78 is 2.85. The highest BCUT2D eigenvalue weighted by atomic mass is 32.1. The van der Waals surface area contributed by atoms with Gasteiger partial charge < -0.3 is 15.2 Å². The Hall–Kier alpha value is -3.04. The minimum Gasteiger partial charge on any atom is -0.340 e. The molecule has 3 heterocycles. The molecular weight excluding hydrogens is 418 g/mol. The number of rotatable bonds is 6. The van der Waals surface area contributed by atoms with Gasteiger partial charge in [0, 0.05) is 29.0 Å². The highest BCUT2D eigenvalue weighted by Crippen LogP contribution is 2.26. The van der Waals surface area contributed by atoms with Gasteiger partial charge in [-0.1, -0.05) is 25.2 Å². The zero-order valence-corrected chi connectivity index (χ0v) is 18.4. The van der Waals surface area contributed by atoms with E-state index >= 15 is 0 Å². The Morgan fingerprint density at radius 2 is 1.90 bits per heavy atom. The van der Waals surface area contributed by atoms with Gasteiger partial charge in [0.1, 0.15) is 6.04 Å². The summed E-state index contributed by atoms with van der Waals surface area (Å²) in [6, 6.07) is 8.58. The van der Waals surface area contributed by atoms with Crippen molar-refractivity contribution in [2.24, 2.45) is 5.92 Å². The molecule has 0 fully saturated rings. The first-order chi connectivity index (χ1) is 14.4. The van der Waals surface area contributed by atoms with Gasteiger partial charge in [0.15, 0.2) is 10.3 Å². The van der Waals surface area contributed by atoms with Gasteiger partial charge in [-0.15, -0.1) is 11.3 Å². The van der Waals surface area contributed by atoms with Crippen molar-refractivity contribution in [2.45, 2.75) is 26.8 Å². The molecule has 7 nitrogen and oxygen atoms in total. The smallest absolute Gasteiger partial charge is 0.251 e. The molecule has 0 saturated carbocycles. The molecule has 0 unspecified atom stereocenters. The molecule has 2 N–H and O–H groups in total. The molecule has 0 radical (unpaired) electrons. The van der Waals surface area contributed by atoms with Gasteiger partial charge in [0.2, 0.25) is 5.91 Å². The Morgan fingerprint density at radius 3 is 2.57 bits per heavy atom. The van der Waals surface area contributed by atoms with Gasteiger partial charge in [-0.05, 0) is 43.2 Å². The molecule has 4 aromatic rings. The van der Waals surface area contributed by atoms with Gasteiger partial charge >= 0.3 is 0 Å². The van der Waals surface area contributed by atoms with Gasteiger partial charge in [0.05, 0.1) is 10.2 Å². The number of benzene rings is 1. The fourth-order valence-electron chi connectivity index (χ4n) is 2.98. The minimum atomic E-state index is -0.672. The maximum absolute atomic E-state index is 12.9. The molecular formula is C21H21N5O2S2. The number of carbonyl (C=O) groups excluding carboxylic acids is 2. The normalized spacial score (nSPS) is 12.3. The van der Waals surface area contributed by atoms with E-state index in [0.717, 1.165) is 20.2 Å². The van der Waals surface area contributed by atoms with Crippen molar-refractivity contribution in [3.63, 3.8) is 0 Å². The Balaban J connectivity index is 1.51. The maximum Gasteiger partial charge on any atom is 0.251 e. The van der Waals surface area contributed by atoms with Crippen LogP contribution in [0.15, 0.2) is 48.9 Å². The Bertz CT molecular complexity index is 1190. The van der Waals surface area contributed by atoms with Crippen LogP contribution in [-0.4, -0.2) is 32.4 Å². The first-order valence-electron chi connectivity index (χ1n) is 9.49. The number of fused-ring (bicyclic) bond motifs is 1. The van der Waals surface area contributed by atoms with E-state index < -0.39 is 6.04 Å². The van der Waals surface area contributed by atoms with Crippen molar-refractivity contribution in [3.8, 4) is 5.13 Å². The second kappa shape index (κ2) is 8.37. The molecule has 0 saturated heterocycles. The number of nitrogens with one attached hydrogen (secondary N) is 2. The van der Waals surface area contributed by atoms with Gasteiger partial charge in [-0.2, -0.15) is 0 Å². The number of hydrogen-bond donors (Lipinski definition) is 2. The van der Waals surface area contributed by atoms with E-state index in [-0.39, 0.29) is 17.7 Å². The van der Waals surface area contributed by atoms with E-state index in [1.54, 1.807) is 12.3 Å². The molecule has 1 aromatic carbocycles. The monoisotopic (exact) mass is 439 g/mol. The number of amides is 2. The topological polar surface area (TPSA) is 88.9 Å². The fraction of sp³-hybridized carbons (Fsp3) is 0.238. The number of carbonyl (C=O) groups is 2. The highest BCUT2D eigenvalue weighted by Gasteiger charge is 2.25. The van der Waals surface area contributed by atoms with Crippen LogP contribution in [0, 0.1) is 12.8 Å². The average Bonchev–Trinajstić information content (AvgIpc) is 3.45. The number of hydrogen-bond acceptors (Lipinski definition) is 6. The fourth-order valence-corrected chi connectivity index (χ4v) is 4.62. The summed E-state index contributed by atoms with van der Waals surface area (Å²) in [6.45, 7) is 5.72. The van der Waals surface area contributed by atoms with Crippen LogP contribution in [0.2, 0.25) is 0 Å². The molecule has 0 spiro atoms. The second-order valence-corrected chi connectivity index (χ2v) is 9.47. The molecule has 1 atom stereocenters. The van der Waals surface area contributed by atoms with Crippen LogP contribution in [0.1, 0.15) is 29.1 Å². The van der Waals surface area contributed by atoms with E-state index in [2.05, 4.69) is 20.6 Å². The lowest BCUT2D eigenvalue weighted by atomic mass is 10.0. The third-order valence-electron chi connectivity index (χ3n) is 4.55. The van der Waals surface area contributed by atoms with Gasteiger partial charge in [-0.3, -0.25) is 9.59 Å². The van der Waals surface area contributed by atoms with E-state index in [1.807, 2.05) is 62.0 Å². The molecule has 0 aliphatic heterocycles. The van der Waals surface area contributed by atoms with E-state index in [1.165, 1.54) is 22.7 Å². The summed E-state index contributed by atoms with van der Waals surface area (Å²) in [5, 5.41) is 7.02. The molecule has 3 aromatic heterocycles. The van der Waals surface area contributed by atoms with Crippen molar-refractivity contribution in [2.75, 3.05) is 5.32 Å². The summed E-state index contributed by atoms with van der Waals surface area (Å²) in [5.74, 6) is -0.652. The van der Waals surface area contributed by atoms with Gasteiger partial charge in [0.25, 0.3) is 5.91 Å². The largest absolute Gasteiger partial charge is 0.340 e. The zero-order chi connectivity index (χ0) is 21.3. The number of aryl methyl sites for hydroxylation is 1. The number of anilines is 1. The molecule has 30 heavy (non-hydrogen) atoms. The lowest BCUT2D eigenvalue weighted by molar-refractivity contribution is -0.118. The van der Waals surface area contributed by atoms with Crippen LogP contribution < -0.4 is 10.6 Å². The van der Waals surface area contributed by atoms with E-state index in [9.17, 15) is 9.59 Å². The van der Waals surface area contributed by atoms with Crippen molar-refractivity contribution in [3.05, 3.63) is 59.4 Å². The molecule has 9 heteroatoms. The molecule has 154 valence electrons. The van der Waals surface area contributed by atoms with Gasteiger partial charge in [-0.25, -0.2) is 9.97 Å².